The van der Waals surface area contributed by atoms with Crippen LogP contribution in [0.2, 0.25) is 5.15 Å². The van der Waals surface area contributed by atoms with E-state index in [1.807, 2.05) is 31.2 Å². The van der Waals surface area contributed by atoms with Crippen molar-refractivity contribution in [1.82, 2.24) is 15.0 Å². The van der Waals surface area contributed by atoms with E-state index >= 15 is 0 Å². The largest absolute Gasteiger partial charge is 0.383 e. The van der Waals surface area contributed by atoms with Crippen LogP contribution >= 0.6 is 11.6 Å². The number of terminal acetylenes is 1. The fourth-order valence-electron chi connectivity index (χ4n) is 1.86. The molecule has 22 heavy (non-hydrogen) atoms. The maximum atomic E-state index is 6.27. The zero-order chi connectivity index (χ0) is 15.9. The second-order valence-corrected chi connectivity index (χ2v) is 4.82. The SMILES string of the molecule is C#C/C=C\C(=C/C)Cc1c(N)nc(-c2ccccn2)nc1Cl. The van der Waals surface area contributed by atoms with Crippen molar-refractivity contribution in [1.29, 1.82) is 0 Å². The van der Waals surface area contributed by atoms with E-state index in [9.17, 15) is 0 Å². The summed E-state index contributed by atoms with van der Waals surface area (Å²) >= 11 is 6.27. The molecule has 0 saturated carbocycles. The predicted octanol–water partition coefficient (Wildman–Crippen LogP) is 3.45. The second kappa shape index (κ2) is 7.39. The maximum absolute atomic E-state index is 6.27. The summed E-state index contributed by atoms with van der Waals surface area (Å²) in [4.78, 5) is 12.8. The standard InChI is InChI=1S/C17H15ClN4/c1-3-5-8-12(4-2)11-13-15(18)21-17(22-16(13)19)14-9-6-7-10-20-14/h1,4-10H,11H2,2H3,(H2,19,21,22)/b8-5-,12-4+. The molecular formula is C17H15ClN4. The molecule has 2 aromatic heterocycles. The predicted molar refractivity (Wildman–Crippen MR) is 90.1 cm³/mol. The molecule has 2 aromatic rings. The van der Waals surface area contributed by atoms with Gasteiger partial charge in [0.05, 0.1) is 0 Å². The van der Waals surface area contributed by atoms with Crippen molar-refractivity contribution < 1.29 is 0 Å². The van der Waals surface area contributed by atoms with Crippen molar-refractivity contribution in [2.24, 2.45) is 0 Å². The van der Waals surface area contributed by atoms with Gasteiger partial charge in [0.25, 0.3) is 0 Å². The van der Waals surface area contributed by atoms with Crippen molar-refractivity contribution in [2.75, 3.05) is 5.73 Å². The molecule has 0 spiro atoms. The third kappa shape index (κ3) is 3.72. The summed E-state index contributed by atoms with van der Waals surface area (Å²) in [5.74, 6) is 3.20. The van der Waals surface area contributed by atoms with Crippen LogP contribution in [-0.4, -0.2) is 15.0 Å². The highest BCUT2D eigenvalue weighted by molar-refractivity contribution is 6.30. The van der Waals surface area contributed by atoms with Crippen LogP contribution in [0.1, 0.15) is 12.5 Å². The van der Waals surface area contributed by atoms with Gasteiger partial charge in [-0.3, -0.25) is 4.98 Å². The zero-order valence-corrected chi connectivity index (χ0v) is 12.9. The summed E-state index contributed by atoms with van der Waals surface area (Å²) in [5, 5.41) is 0.321. The van der Waals surface area contributed by atoms with Gasteiger partial charge >= 0.3 is 0 Å². The van der Waals surface area contributed by atoms with Crippen molar-refractivity contribution >= 4 is 17.4 Å². The summed E-state index contributed by atoms with van der Waals surface area (Å²) in [6, 6.07) is 5.48. The minimum Gasteiger partial charge on any atom is -0.383 e. The molecule has 0 radical (unpaired) electrons. The van der Waals surface area contributed by atoms with Crippen molar-refractivity contribution in [2.45, 2.75) is 13.3 Å². The normalized spacial score (nSPS) is 11.6. The molecule has 2 heterocycles. The lowest BCUT2D eigenvalue weighted by molar-refractivity contribution is 1.07. The van der Waals surface area contributed by atoms with E-state index in [2.05, 4.69) is 20.9 Å². The summed E-state index contributed by atoms with van der Waals surface area (Å²) < 4.78 is 0. The van der Waals surface area contributed by atoms with Gasteiger partial charge in [0.15, 0.2) is 5.82 Å². The first kappa shape index (κ1) is 15.7. The van der Waals surface area contributed by atoms with Crippen LogP contribution in [0.3, 0.4) is 0 Å². The Morgan fingerprint density at radius 2 is 2.23 bits per heavy atom. The number of nitrogen functional groups attached to an aromatic ring is 1. The van der Waals surface area contributed by atoms with E-state index in [0.29, 0.717) is 34.5 Å². The van der Waals surface area contributed by atoms with E-state index in [1.165, 1.54) is 0 Å². The van der Waals surface area contributed by atoms with E-state index in [-0.39, 0.29) is 0 Å². The Labute approximate surface area is 134 Å². The number of rotatable bonds is 4. The van der Waals surface area contributed by atoms with E-state index in [0.717, 1.165) is 5.57 Å². The Kier molecular flexibility index (Phi) is 5.29. The van der Waals surface area contributed by atoms with Crippen LogP contribution in [0.15, 0.2) is 48.2 Å². The van der Waals surface area contributed by atoms with E-state index in [4.69, 9.17) is 23.8 Å². The Hall–Kier alpha value is -2.64. The van der Waals surface area contributed by atoms with Crippen molar-refractivity contribution in [3.05, 3.63) is 58.9 Å². The first-order chi connectivity index (χ1) is 10.7. The maximum Gasteiger partial charge on any atom is 0.181 e. The first-order valence-electron chi connectivity index (χ1n) is 6.67. The highest BCUT2D eigenvalue weighted by Gasteiger charge is 2.13. The molecule has 0 amide bonds. The Morgan fingerprint density at radius 3 is 2.82 bits per heavy atom. The average molecular weight is 311 g/mol. The number of aromatic nitrogens is 3. The smallest absolute Gasteiger partial charge is 0.181 e. The van der Waals surface area contributed by atoms with E-state index in [1.54, 1.807) is 18.3 Å². The minimum atomic E-state index is 0.321. The molecule has 0 aliphatic heterocycles. The van der Waals surface area contributed by atoms with Crippen LogP contribution in [0.5, 0.6) is 0 Å². The quantitative estimate of drug-likeness (QED) is 0.533. The number of nitrogens with zero attached hydrogens (tertiary/aromatic N) is 3. The Morgan fingerprint density at radius 1 is 1.41 bits per heavy atom. The van der Waals surface area contributed by atoms with Crippen LogP contribution in [0.4, 0.5) is 5.82 Å². The third-order valence-corrected chi connectivity index (χ3v) is 3.34. The van der Waals surface area contributed by atoms with Gasteiger partial charge in [-0.05, 0) is 30.7 Å². The Bertz CT molecular complexity index is 735. The van der Waals surface area contributed by atoms with Crippen LogP contribution < -0.4 is 5.73 Å². The minimum absolute atomic E-state index is 0.321. The number of anilines is 1. The molecular weight excluding hydrogens is 296 g/mol. The molecule has 0 bridgehead atoms. The summed E-state index contributed by atoms with van der Waals surface area (Å²) in [6.45, 7) is 1.92. The molecule has 2 rings (SSSR count). The summed E-state index contributed by atoms with van der Waals surface area (Å²) in [7, 11) is 0. The number of pyridine rings is 1. The number of allylic oxidation sites excluding steroid dienone is 4. The number of nitrogens with two attached hydrogens (primary N) is 1. The van der Waals surface area contributed by atoms with Gasteiger partial charge in [0.1, 0.15) is 16.7 Å². The van der Waals surface area contributed by atoms with Crippen molar-refractivity contribution in [3.8, 4) is 23.9 Å². The molecule has 0 atom stereocenters. The van der Waals surface area contributed by atoms with Gasteiger partial charge in [-0.25, -0.2) is 9.97 Å². The topological polar surface area (TPSA) is 64.7 Å². The molecule has 2 N–H and O–H groups in total. The van der Waals surface area contributed by atoms with Gasteiger partial charge in [-0.1, -0.05) is 35.7 Å². The Balaban J connectivity index is 2.36. The van der Waals surface area contributed by atoms with Gasteiger partial charge in [0.2, 0.25) is 0 Å². The van der Waals surface area contributed by atoms with Crippen LogP contribution in [-0.2, 0) is 6.42 Å². The number of hydrogen-bond donors (Lipinski definition) is 1. The molecule has 4 nitrogen and oxygen atoms in total. The monoisotopic (exact) mass is 310 g/mol. The van der Waals surface area contributed by atoms with Gasteiger partial charge in [0, 0.05) is 18.2 Å². The molecule has 5 heteroatoms. The summed E-state index contributed by atoms with van der Waals surface area (Å²) in [6.07, 6.45) is 12.8. The van der Waals surface area contributed by atoms with Gasteiger partial charge in [-0.15, -0.1) is 6.42 Å². The lowest BCUT2D eigenvalue weighted by Gasteiger charge is -2.09. The lowest BCUT2D eigenvalue weighted by Crippen LogP contribution is -2.04. The van der Waals surface area contributed by atoms with E-state index < -0.39 is 0 Å². The molecule has 0 fully saturated rings. The molecule has 0 saturated heterocycles. The number of hydrogen-bond acceptors (Lipinski definition) is 4. The average Bonchev–Trinajstić information content (AvgIpc) is 2.54. The second-order valence-electron chi connectivity index (χ2n) is 4.46. The van der Waals surface area contributed by atoms with Gasteiger partial charge in [-0.2, -0.15) is 0 Å². The van der Waals surface area contributed by atoms with Gasteiger partial charge < -0.3 is 5.73 Å². The summed E-state index contributed by atoms with van der Waals surface area (Å²) in [5.41, 5.74) is 8.33. The zero-order valence-electron chi connectivity index (χ0n) is 12.1. The molecule has 0 aliphatic carbocycles. The van der Waals surface area contributed by atoms with Crippen LogP contribution in [0.25, 0.3) is 11.5 Å². The molecule has 0 unspecified atom stereocenters. The fraction of sp³-hybridized carbons (Fsp3) is 0.118. The first-order valence-corrected chi connectivity index (χ1v) is 7.04. The lowest BCUT2D eigenvalue weighted by atomic mass is 10.1. The fourth-order valence-corrected chi connectivity index (χ4v) is 2.11. The highest BCUT2D eigenvalue weighted by atomic mass is 35.5. The van der Waals surface area contributed by atoms with Crippen molar-refractivity contribution in [3.63, 3.8) is 0 Å². The molecule has 110 valence electrons. The number of halogens is 1. The molecule has 0 aromatic carbocycles. The van der Waals surface area contributed by atoms with Crippen LogP contribution in [0, 0.1) is 12.3 Å². The molecule has 0 aliphatic rings. The third-order valence-electron chi connectivity index (χ3n) is 3.03. The highest BCUT2D eigenvalue weighted by Crippen LogP contribution is 2.25.